The molecular formula is C21H22F2N2O2. The van der Waals surface area contributed by atoms with E-state index in [4.69, 9.17) is 4.74 Å². The predicted molar refractivity (Wildman–Crippen MR) is 97.3 cm³/mol. The van der Waals surface area contributed by atoms with Gasteiger partial charge in [-0.1, -0.05) is 30.3 Å². The first-order valence-electron chi connectivity index (χ1n) is 9.08. The van der Waals surface area contributed by atoms with E-state index >= 15 is 0 Å². The molecule has 0 aromatic heterocycles. The van der Waals surface area contributed by atoms with Gasteiger partial charge < -0.3 is 9.64 Å². The first kappa shape index (κ1) is 18.1. The van der Waals surface area contributed by atoms with Crippen molar-refractivity contribution in [3.63, 3.8) is 0 Å². The molecule has 4 rings (SSSR count). The summed E-state index contributed by atoms with van der Waals surface area (Å²) < 4.78 is 32.9. The van der Waals surface area contributed by atoms with Crippen LogP contribution in [0.15, 0.2) is 48.5 Å². The Morgan fingerprint density at radius 1 is 1.22 bits per heavy atom. The molecule has 0 unspecified atom stereocenters. The Balaban J connectivity index is 1.34. The van der Waals surface area contributed by atoms with Gasteiger partial charge in [0.1, 0.15) is 17.2 Å². The molecule has 0 bridgehead atoms. The first-order chi connectivity index (χ1) is 13.0. The van der Waals surface area contributed by atoms with Gasteiger partial charge in [0.25, 0.3) is 5.91 Å². The van der Waals surface area contributed by atoms with Crippen molar-refractivity contribution in [2.75, 3.05) is 26.7 Å². The summed E-state index contributed by atoms with van der Waals surface area (Å²) in [6, 6.07) is 13.6. The van der Waals surface area contributed by atoms with E-state index in [-0.39, 0.29) is 17.2 Å². The first-order valence-corrected chi connectivity index (χ1v) is 9.08. The number of carbonyl (C=O) groups excluding carboxylic acids is 1. The van der Waals surface area contributed by atoms with Crippen molar-refractivity contribution in [2.24, 2.45) is 0 Å². The highest BCUT2D eigenvalue weighted by molar-refractivity contribution is 5.95. The van der Waals surface area contributed by atoms with Crippen molar-refractivity contribution in [2.45, 2.75) is 24.6 Å². The lowest BCUT2D eigenvalue weighted by atomic mass is 9.88. The molecule has 2 saturated heterocycles. The fraction of sp³-hybridized carbons (Fsp3) is 0.381. The van der Waals surface area contributed by atoms with Gasteiger partial charge in [-0.3, -0.25) is 9.69 Å². The van der Waals surface area contributed by atoms with E-state index in [0.717, 1.165) is 25.1 Å². The normalized spacial score (nSPS) is 20.9. The summed E-state index contributed by atoms with van der Waals surface area (Å²) in [6.45, 7) is 2.35. The van der Waals surface area contributed by atoms with Gasteiger partial charge in [-0.25, -0.2) is 8.78 Å². The minimum Gasteiger partial charge on any atom is -0.370 e. The van der Waals surface area contributed by atoms with Crippen LogP contribution in [-0.2, 0) is 11.3 Å². The molecule has 2 aromatic carbocycles. The highest BCUT2D eigenvalue weighted by Crippen LogP contribution is 2.37. The molecule has 1 atom stereocenters. The number of carbonyl (C=O) groups is 1. The lowest BCUT2D eigenvalue weighted by Crippen LogP contribution is -2.63. The molecule has 1 spiro atoms. The van der Waals surface area contributed by atoms with Crippen molar-refractivity contribution < 1.29 is 18.3 Å². The molecule has 2 aliphatic heterocycles. The topological polar surface area (TPSA) is 32.8 Å². The average Bonchev–Trinajstić information content (AvgIpc) is 3.07. The molecule has 27 heavy (non-hydrogen) atoms. The van der Waals surface area contributed by atoms with Gasteiger partial charge in [0.15, 0.2) is 0 Å². The van der Waals surface area contributed by atoms with E-state index in [1.54, 1.807) is 4.90 Å². The van der Waals surface area contributed by atoms with E-state index in [1.807, 2.05) is 18.2 Å². The second kappa shape index (κ2) is 7.02. The maximum absolute atomic E-state index is 13.8. The van der Waals surface area contributed by atoms with Crippen LogP contribution in [0, 0.1) is 11.6 Å². The Kier molecular flexibility index (Phi) is 4.70. The molecule has 2 aliphatic rings. The number of hydrogen-bond acceptors (Lipinski definition) is 3. The number of amides is 1. The molecule has 0 radical (unpaired) electrons. The second-order valence-corrected chi connectivity index (χ2v) is 7.54. The summed E-state index contributed by atoms with van der Waals surface area (Å²) in [5.74, 6) is -1.93. The fourth-order valence-corrected chi connectivity index (χ4v) is 3.95. The van der Waals surface area contributed by atoms with Crippen LogP contribution in [0.3, 0.4) is 0 Å². The van der Waals surface area contributed by atoms with E-state index in [0.29, 0.717) is 19.7 Å². The molecule has 142 valence electrons. The number of halogens is 2. The molecule has 1 amide bonds. The van der Waals surface area contributed by atoms with Gasteiger partial charge in [-0.05, 0) is 31.2 Å². The third kappa shape index (κ3) is 3.59. The van der Waals surface area contributed by atoms with Crippen molar-refractivity contribution >= 4 is 5.91 Å². The van der Waals surface area contributed by atoms with Crippen LogP contribution < -0.4 is 0 Å². The molecule has 0 aliphatic carbocycles. The van der Waals surface area contributed by atoms with E-state index in [1.165, 1.54) is 11.6 Å². The van der Waals surface area contributed by atoms with Crippen LogP contribution in [0.4, 0.5) is 8.78 Å². The molecule has 6 heteroatoms. The molecular weight excluding hydrogens is 350 g/mol. The minimum atomic E-state index is -0.825. The number of nitrogens with zero attached hydrogens (tertiary/aromatic N) is 2. The van der Waals surface area contributed by atoms with E-state index in [2.05, 4.69) is 24.1 Å². The number of likely N-dealkylation sites (tertiary alicyclic amines) is 1. The van der Waals surface area contributed by atoms with Crippen molar-refractivity contribution in [1.82, 2.24) is 9.80 Å². The van der Waals surface area contributed by atoms with Crippen LogP contribution >= 0.6 is 0 Å². The Bertz CT molecular complexity index is 837. The minimum absolute atomic E-state index is 0.0954. The van der Waals surface area contributed by atoms with Gasteiger partial charge in [0.05, 0.1) is 25.3 Å². The summed E-state index contributed by atoms with van der Waals surface area (Å²) in [7, 11) is 2.08. The van der Waals surface area contributed by atoms with Gasteiger partial charge >= 0.3 is 0 Å². The molecule has 0 saturated carbocycles. The summed E-state index contributed by atoms with van der Waals surface area (Å²) in [4.78, 5) is 16.3. The maximum Gasteiger partial charge on any atom is 0.257 e. The number of ether oxygens (including phenoxy) is 1. The third-order valence-corrected chi connectivity index (χ3v) is 5.49. The third-order valence-electron chi connectivity index (χ3n) is 5.49. The molecule has 2 aromatic rings. The lowest BCUT2D eigenvalue weighted by molar-refractivity contribution is -0.0951. The van der Waals surface area contributed by atoms with Crippen LogP contribution in [0.5, 0.6) is 0 Å². The fourth-order valence-electron chi connectivity index (χ4n) is 3.95. The standard InChI is InChI=1S/C21H22F2N2O2/c1-24(11-15-5-3-2-4-6-15)17-10-21(27-12-17)13-25(14-21)20(26)18-8-7-16(22)9-19(18)23/h2-9,17H,10-14H2,1H3/t17-/m0/s1. The zero-order valence-corrected chi connectivity index (χ0v) is 15.2. The monoisotopic (exact) mass is 372 g/mol. The summed E-state index contributed by atoms with van der Waals surface area (Å²) >= 11 is 0. The SMILES string of the molecule is CN(Cc1ccccc1)[C@@H]1COC2(C1)CN(C(=O)c1ccc(F)cc1F)C2. The average molecular weight is 372 g/mol. The van der Waals surface area contributed by atoms with E-state index in [9.17, 15) is 13.6 Å². The number of hydrogen-bond donors (Lipinski definition) is 0. The van der Waals surface area contributed by atoms with Crippen LogP contribution in [0.1, 0.15) is 22.3 Å². The van der Waals surface area contributed by atoms with Crippen molar-refractivity contribution in [1.29, 1.82) is 0 Å². The quantitative estimate of drug-likeness (QED) is 0.827. The second-order valence-electron chi connectivity index (χ2n) is 7.54. The van der Waals surface area contributed by atoms with Gasteiger partial charge in [-0.2, -0.15) is 0 Å². The highest BCUT2D eigenvalue weighted by atomic mass is 19.1. The molecule has 0 N–H and O–H groups in total. The molecule has 2 heterocycles. The molecule has 4 nitrogen and oxygen atoms in total. The van der Waals surface area contributed by atoms with Crippen LogP contribution in [0.25, 0.3) is 0 Å². The number of likely N-dealkylation sites (N-methyl/N-ethyl adjacent to an activating group) is 1. The van der Waals surface area contributed by atoms with Crippen LogP contribution in [0.2, 0.25) is 0 Å². The molecule has 2 fully saturated rings. The number of rotatable bonds is 4. The smallest absolute Gasteiger partial charge is 0.257 e. The predicted octanol–water partition coefficient (Wildman–Crippen LogP) is 3.08. The Morgan fingerprint density at radius 3 is 2.67 bits per heavy atom. The Labute approximate surface area is 157 Å². The van der Waals surface area contributed by atoms with Gasteiger partial charge in [0, 0.05) is 18.7 Å². The Morgan fingerprint density at radius 2 is 1.96 bits per heavy atom. The lowest BCUT2D eigenvalue weighted by Gasteiger charge is -2.47. The van der Waals surface area contributed by atoms with Crippen LogP contribution in [-0.4, -0.2) is 54.1 Å². The zero-order chi connectivity index (χ0) is 19.0. The number of benzene rings is 2. The largest absolute Gasteiger partial charge is 0.370 e. The maximum atomic E-state index is 13.8. The van der Waals surface area contributed by atoms with Gasteiger partial charge in [-0.15, -0.1) is 0 Å². The van der Waals surface area contributed by atoms with Crippen molar-refractivity contribution in [3.8, 4) is 0 Å². The highest BCUT2D eigenvalue weighted by Gasteiger charge is 2.52. The summed E-state index contributed by atoms with van der Waals surface area (Å²) in [6.07, 6.45) is 0.839. The Hall–Kier alpha value is -2.31. The van der Waals surface area contributed by atoms with E-state index < -0.39 is 17.5 Å². The summed E-state index contributed by atoms with van der Waals surface area (Å²) in [5, 5.41) is 0. The summed E-state index contributed by atoms with van der Waals surface area (Å²) in [5.41, 5.74) is 0.807. The zero-order valence-electron chi connectivity index (χ0n) is 15.2. The van der Waals surface area contributed by atoms with Crippen molar-refractivity contribution in [3.05, 3.63) is 71.3 Å². The van der Waals surface area contributed by atoms with Gasteiger partial charge in [0.2, 0.25) is 0 Å².